The van der Waals surface area contributed by atoms with Gasteiger partial charge in [0.1, 0.15) is 6.04 Å². The fourth-order valence-electron chi connectivity index (χ4n) is 2.33. The van der Waals surface area contributed by atoms with E-state index in [0.29, 0.717) is 24.4 Å². The van der Waals surface area contributed by atoms with Gasteiger partial charge in [0.15, 0.2) is 0 Å². The monoisotopic (exact) mass is 332 g/mol. The Balaban J connectivity index is 2.22. The molecule has 21 heavy (non-hydrogen) atoms. The van der Waals surface area contributed by atoms with Gasteiger partial charge < -0.3 is 10.4 Å². The number of hydrogen-bond acceptors (Lipinski definition) is 4. The van der Waals surface area contributed by atoms with E-state index in [1.807, 2.05) is 0 Å². The first kappa shape index (κ1) is 16.2. The van der Waals surface area contributed by atoms with Crippen LogP contribution in [-0.2, 0) is 14.8 Å². The van der Waals surface area contributed by atoms with Crippen LogP contribution in [-0.4, -0.2) is 49.5 Å². The lowest BCUT2D eigenvalue weighted by Crippen LogP contribution is -2.46. The summed E-state index contributed by atoms with van der Waals surface area (Å²) in [6, 6.07) is 5.14. The van der Waals surface area contributed by atoms with Gasteiger partial charge in [-0.1, -0.05) is 11.6 Å². The van der Waals surface area contributed by atoms with Crippen LogP contribution in [0.4, 0.5) is 0 Å². The fraction of sp³-hybridized carbons (Fsp3) is 0.462. The van der Waals surface area contributed by atoms with Crippen LogP contribution < -0.4 is 5.32 Å². The molecule has 1 fully saturated rings. The topological polar surface area (TPSA) is 86.7 Å². The van der Waals surface area contributed by atoms with Crippen molar-refractivity contribution in [1.29, 1.82) is 0 Å². The Bertz CT molecular complexity index is 603. The molecule has 1 aromatic carbocycles. The van der Waals surface area contributed by atoms with Gasteiger partial charge in [-0.05, 0) is 37.1 Å². The maximum absolute atomic E-state index is 12.6. The van der Waals surface area contributed by atoms with E-state index in [0.717, 1.165) is 0 Å². The average molecular weight is 333 g/mol. The van der Waals surface area contributed by atoms with Crippen molar-refractivity contribution in [3.8, 4) is 0 Å². The highest BCUT2D eigenvalue weighted by Gasteiger charge is 2.39. The lowest BCUT2D eigenvalue weighted by molar-refractivity contribution is -0.124. The van der Waals surface area contributed by atoms with Crippen molar-refractivity contribution < 1.29 is 18.3 Å². The molecule has 0 aromatic heterocycles. The molecule has 116 valence electrons. The Kier molecular flexibility index (Phi) is 5.21. The highest BCUT2D eigenvalue weighted by Crippen LogP contribution is 2.26. The number of nitrogens with one attached hydrogen (secondary N) is 1. The van der Waals surface area contributed by atoms with Crippen molar-refractivity contribution in [2.24, 2.45) is 0 Å². The van der Waals surface area contributed by atoms with Crippen molar-refractivity contribution in [2.45, 2.75) is 23.8 Å². The van der Waals surface area contributed by atoms with E-state index >= 15 is 0 Å². The zero-order chi connectivity index (χ0) is 15.5. The average Bonchev–Trinajstić information content (AvgIpc) is 2.95. The van der Waals surface area contributed by atoms with Gasteiger partial charge in [0.25, 0.3) is 0 Å². The number of halogens is 1. The Morgan fingerprint density at radius 2 is 2.05 bits per heavy atom. The van der Waals surface area contributed by atoms with Crippen LogP contribution in [0, 0.1) is 0 Å². The molecule has 8 heteroatoms. The van der Waals surface area contributed by atoms with Crippen LogP contribution in [0.5, 0.6) is 0 Å². The Morgan fingerprint density at radius 3 is 2.67 bits per heavy atom. The van der Waals surface area contributed by atoms with Crippen LogP contribution in [0.15, 0.2) is 29.2 Å². The van der Waals surface area contributed by atoms with Crippen LogP contribution >= 0.6 is 11.6 Å². The van der Waals surface area contributed by atoms with E-state index in [2.05, 4.69) is 5.32 Å². The molecule has 1 heterocycles. The molecule has 0 spiro atoms. The summed E-state index contributed by atoms with van der Waals surface area (Å²) in [4.78, 5) is 12.1. The van der Waals surface area contributed by atoms with E-state index in [4.69, 9.17) is 16.7 Å². The molecule has 1 amide bonds. The number of sulfonamides is 1. The summed E-state index contributed by atoms with van der Waals surface area (Å²) in [5.41, 5.74) is 0. The fourth-order valence-corrected chi connectivity index (χ4v) is 4.11. The Hall–Kier alpha value is -1.15. The van der Waals surface area contributed by atoms with Gasteiger partial charge in [0.05, 0.1) is 11.5 Å². The molecular formula is C13H17ClN2O4S. The predicted octanol–water partition coefficient (Wildman–Crippen LogP) is 0.602. The molecule has 0 radical (unpaired) electrons. The Morgan fingerprint density at radius 1 is 1.38 bits per heavy atom. The highest BCUT2D eigenvalue weighted by atomic mass is 35.5. The molecule has 1 aromatic rings. The molecule has 0 saturated carbocycles. The summed E-state index contributed by atoms with van der Waals surface area (Å²) in [5.74, 6) is -0.376. The second-order valence-corrected chi connectivity index (χ2v) is 7.07. The van der Waals surface area contributed by atoms with Gasteiger partial charge >= 0.3 is 0 Å². The number of carbonyl (C=O) groups is 1. The number of benzene rings is 1. The lowest BCUT2D eigenvalue weighted by Gasteiger charge is -2.23. The summed E-state index contributed by atoms with van der Waals surface area (Å²) in [6.07, 6.45) is 1.11. The Labute approximate surface area is 128 Å². The van der Waals surface area contributed by atoms with Crippen molar-refractivity contribution >= 4 is 27.5 Å². The molecule has 1 aliphatic heterocycles. The first-order valence-corrected chi connectivity index (χ1v) is 8.44. The zero-order valence-electron chi connectivity index (χ0n) is 11.3. The lowest BCUT2D eigenvalue weighted by atomic mass is 10.2. The molecule has 1 unspecified atom stereocenters. The first-order chi connectivity index (χ1) is 9.96. The summed E-state index contributed by atoms with van der Waals surface area (Å²) < 4.78 is 26.4. The van der Waals surface area contributed by atoms with Crippen molar-refractivity contribution in [3.05, 3.63) is 29.3 Å². The van der Waals surface area contributed by atoms with Crippen LogP contribution in [0.25, 0.3) is 0 Å². The predicted molar refractivity (Wildman–Crippen MR) is 78.5 cm³/mol. The molecule has 1 aliphatic rings. The number of hydrogen-bond donors (Lipinski definition) is 2. The number of nitrogens with zero attached hydrogens (tertiary/aromatic N) is 1. The number of amides is 1. The molecule has 6 nitrogen and oxygen atoms in total. The van der Waals surface area contributed by atoms with Crippen LogP contribution in [0.2, 0.25) is 5.02 Å². The maximum atomic E-state index is 12.6. The summed E-state index contributed by atoms with van der Waals surface area (Å²) in [5, 5.41) is 11.7. The summed E-state index contributed by atoms with van der Waals surface area (Å²) in [6.45, 7) is 0.245. The van der Waals surface area contributed by atoms with Gasteiger partial charge in [0.2, 0.25) is 15.9 Å². The van der Waals surface area contributed by atoms with E-state index in [-0.39, 0.29) is 24.0 Å². The molecule has 1 saturated heterocycles. The normalized spacial score (nSPS) is 19.6. The van der Waals surface area contributed by atoms with E-state index in [1.54, 1.807) is 0 Å². The quantitative estimate of drug-likeness (QED) is 0.826. The minimum absolute atomic E-state index is 0.115. The first-order valence-electron chi connectivity index (χ1n) is 6.63. The third kappa shape index (κ3) is 3.55. The number of rotatable bonds is 5. The molecule has 2 rings (SSSR count). The van der Waals surface area contributed by atoms with Gasteiger partial charge in [-0.25, -0.2) is 8.42 Å². The van der Waals surface area contributed by atoms with E-state index in [9.17, 15) is 13.2 Å². The van der Waals surface area contributed by atoms with Gasteiger partial charge in [-0.3, -0.25) is 4.79 Å². The second-order valence-electron chi connectivity index (χ2n) is 4.74. The van der Waals surface area contributed by atoms with Crippen molar-refractivity contribution in [3.63, 3.8) is 0 Å². The molecular weight excluding hydrogens is 316 g/mol. The largest absolute Gasteiger partial charge is 0.395 e. The third-order valence-corrected chi connectivity index (χ3v) is 5.51. The SMILES string of the molecule is O=C(NCCO)C1CCCN1S(=O)(=O)c1ccc(Cl)cc1. The van der Waals surface area contributed by atoms with Crippen molar-refractivity contribution in [2.75, 3.05) is 19.7 Å². The third-order valence-electron chi connectivity index (χ3n) is 3.34. The molecule has 0 bridgehead atoms. The molecule has 1 atom stereocenters. The standard InChI is InChI=1S/C13H17ClN2O4S/c14-10-3-5-11(6-4-10)21(19,20)16-8-1-2-12(16)13(18)15-7-9-17/h3-6,12,17H,1-2,7-9H2,(H,15,18). The highest BCUT2D eigenvalue weighted by molar-refractivity contribution is 7.89. The number of aliphatic hydroxyl groups is 1. The summed E-state index contributed by atoms with van der Waals surface area (Å²) in [7, 11) is -3.72. The zero-order valence-corrected chi connectivity index (χ0v) is 12.9. The number of aliphatic hydroxyl groups excluding tert-OH is 1. The summed E-state index contributed by atoms with van der Waals surface area (Å²) >= 11 is 5.76. The van der Waals surface area contributed by atoms with E-state index in [1.165, 1.54) is 28.6 Å². The smallest absolute Gasteiger partial charge is 0.243 e. The van der Waals surface area contributed by atoms with Gasteiger partial charge in [-0.15, -0.1) is 0 Å². The van der Waals surface area contributed by atoms with Crippen LogP contribution in [0.3, 0.4) is 0 Å². The molecule has 0 aliphatic carbocycles. The molecule has 2 N–H and O–H groups in total. The minimum atomic E-state index is -3.72. The van der Waals surface area contributed by atoms with Crippen LogP contribution in [0.1, 0.15) is 12.8 Å². The maximum Gasteiger partial charge on any atom is 0.243 e. The second kappa shape index (κ2) is 6.74. The van der Waals surface area contributed by atoms with Gasteiger partial charge in [0, 0.05) is 18.1 Å². The van der Waals surface area contributed by atoms with Gasteiger partial charge in [-0.2, -0.15) is 4.31 Å². The van der Waals surface area contributed by atoms with Crippen molar-refractivity contribution in [1.82, 2.24) is 9.62 Å². The minimum Gasteiger partial charge on any atom is -0.395 e. The number of carbonyl (C=O) groups excluding carboxylic acids is 1. The van der Waals surface area contributed by atoms with E-state index < -0.39 is 16.1 Å².